The van der Waals surface area contributed by atoms with Gasteiger partial charge in [-0.2, -0.15) is 0 Å². The van der Waals surface area contributed by atoms with E-state index < -0.39 is 11.6 Å². The molecule has 1 aromatic carbocycles. The van der Waals surface area contributed by atoms with Crippen LogP contribution in [0.5, 0.6) is 0 Å². The first-order chi connectivity index (χ1) is 11.9. The maximum absolute atomic E-state index is 13.1. The van der Waals surface area contributed by atoms with Crippen LogP contribution in [-0.4, -0.2) is 40.9 Å². The molecule has 4 amide bonds. The number of nitrogens with zero attached hydrogens (tertiary/aromatic N) is 2. The zero-order valence-electron chi connectivity index (χ0n) is 14.8. The summed E-state index contributed by atoms with van der Waals surface area (Å²) in [6.45, 7) is 3.07. The van der Waals surface area contributed by atoms with E-state index in [1.54, 1.807) is 18.7 Å². The van der Waals surface area contributed by atoms with E-state index in [2.05, 4.69) is 5.32 Å². The van der Waals surface area contributed by atoms with Gasteiger partial charge < -0.3 is 10.2 Å². The van der Waals surface area contributed by atoms with Crippen molar-refractivity contribution in [2.75, 3.05) is 11.4 Å². The van der Waals surface area contributed by atoms with E-state index in [-0.39, 0.29) is 24.4 Å². The second-order valence-electron chi connectivity index (χ2n) is 7.34. The molecule has 1 N–H and O–H groups in total. The van der Waals surface area contributed by atoms with Crippen LogP contribution < -0.4 is 10.2 Å². The largest absolute Gasteiger partial charge is 0.325 e. The standard InChI is InChI=1S/C19H25N3O3/c1-19(2)17(24)21(18(25)20-19)13-16(23)22(14-9-5-3-6-10-14)15-11-7-4-8-12-15/h3,5-6,9-10,15H,4,7-8,11-13H2,1-2H3,(H,20,25). The lowest BCUT2D eigenvalue weighted by molar-refractivity contribution is -0.133. The Kier molecular flexibility index (Phi) is 4.79. The van der Waals surface area contributed by atoms with Crippen LogP contribution in [0.15, 0.2) is 30.3 Å². The topological polar surface area (TPSA) is 69.7 Å². The predicted molar refractivity (Wildman–Crippen MR) is 95.1 cm³/mol. The van der Waals surface area contributed by atoms with Crippen molar-refractivity contribution in [2.24, 2.45) is 0 Å². The third-order valence-electron chi connectivity index (χ3n) is 4.98. The number of rotatable bonds is 4. The molecule has 6 heteroatoms. The number of carbonyl (C=O) groups is 3. The minimum Gasteiger partial charge on any atom is -0.324 e. The first kappa shape index (κ1) is 17.5. The molecule has 134 valence electrons. The second kappa shape index (κ2) is 6.86. The van der Waals surface area contributed by atoms with Crippen LogP contribution in [0.3, 0.4) is 0 Å². The summed E-state index contributed by atoms with van der Waals surface area (Å²) in [5, 5.41) is 2.62. The van der Waals surface area contributed by atoms with Gasteiger partial charge in [0.25, 0.3) is 5.91 Å². The molecule has 1 saturated carbocycles. The van der Waals surface area contributed by atoms with Gasteiger partial charge in [-0.1, -0.05) is 37.5 Å². The van der Waals surface area contributed by atoms with Gasteiger partial charge in [-0.25, -0.2) is 4.79 Å². The van der Waals surface area contributed by atoms with Crippen molar-refractivity contribution in [2.45, 2.75) is 57.5 Å². The molecular formula is C19H25N3O3. The smallest absolute Gasteiger partial charge is 0.324 e. The number of hydrogen-bond donors (Lipinski definition) is 1. The lowest BCUT2D eigenvalue weighted by Gasteiger charge is -2.35. The Morgan fingerprint density at radius 3 is 2.36 bits per heavy atom. The van der Waals surface area contributed by atoms with Gasteiger partial charge in [-0.05, 0) is 38.8 Å². The lowest BCUT2D eigenvalue weighted by Crippen LogP contribution is -2.48. The SMILES string of the molecule is CC1(C)NC(=O)N(CC(=O)N(c2ccccc2)C2CCCCC2)C1=O. The van der Waals surface area contributed by atoms with Crippen LogP contribution in [0.2, 0.25) is 0 Å². The van der Waals surface area contributed by atoms with E-state index in [0.717, 1.165) is 36.3 Å². The Balaban J connectivity index is 1.82. The second-order valence-corrected chi connectivity index (χ2v) is 7.34. The zero-order chi connectivity index (χ0) is 18.0. The fourth-order valence-electron chi connectivity index (χ4n) is 3.66. The maximum atomic E-state index is 13.1. The number of imide groups is 1. The van der Waals surface area contributed by atoms with Gasteiger partial charge >= 0.3 is 6.03 Å². The van der Waals surface area contributed by atoms with Crippen LogP contribution in [0.4, 0.5) is 10.5 Å². The Morgan fingerprint density at radius 1 is 1.16 bits per heavy atom. The first-order valence-electron chi connectivity index (χ1n) is 8.91. The molecular weight excluding hydrogens is 318 g/mol. The number of anilines is 1. The molecule has 0 aromatic heterocycles. The zero-order valence-corrected chi connectivity index (χ0v) is 14.8. The fourth-order valence-corrected chi connectivity index (χ4v) is 3.66. The van der Waals surface area contributed by atoms with Gasteiger partial charge in [0.1, 0.15) is 12.1 Å². The third-order valence-corrected chi connectivity index (χ3v) is 4.98. The van der Waals surface area contributed by atoms with E-state index in [1.165, 1.54) is 6.42 Å². The molecule has 2 aliphatic rings. The van der Waals surface area contributed by atoms with Crippen LogP contribution in [-0.2, 0) is 9.59 Å². The van der Waals surface area contributed by atoms with Crippen LogP contribution in [0, 0.1) is 0 Å². The fraction of sp³-hybridized carbons (Fsp3) is 0.526. The highest BCUT2D eigenvalue weighted by Gasteiger charge is 2.45. The predicted octanol–water partition coefficient (Wildman–Crippen LogP) is 2.68. The molecule has 0 spiro atoms. The van der Waals surface area contributed by atoms with Gasteiger partial charge in [0, 0.05) is 11.7 Å². The molecule has 25 heavy (non-hydrogen) atoms. The highest BCUT2D eigenvalue weighted by atomic mass is 16.2. The van der Waals surface area contributed by atoms with Crippen LogP contribution >= 0.6 is 0 Å². The van der Waals surface area contributed by atoms with Crippen molar-refractivity contribution >= 4 is 23.5 Å². The highest BCUT2D eigenvalue weighted by Crippen LogP contribution is 2.28. The summed E-state index contributed by atoms with van der Waals surface area (Å²) in [6, 6.07) is 9.14. The number of benzene rings is 1. The maximum Gasteiger partial charge on any atom is 0.325 e. The van der Waals surface area contributed by atoms with Gasteiger partial charge in [0.05, 0.1) is 0 Å². The van der Waals surface area contributed by atoms with Crippen LogP contribution in [0.1, 0.15) is 46.0 Å². The Morgan fingerprint density at radius 2 is 1.80 bits per heavy atom. The number of carbonyl (C=O) groups excluding carboxylic acids is 3. The van der Waals surface area contributed by atoms with Gasteiger partial charge in [-0.3, -0.25) is 14.5 Å². The van der Waals surface area contributed by atoms with Crippen molar-refractivity contribution in [3.63, 3.8) is 0 Å². The van der Waals surface area contributed by atoms with E-state index in [4.69, 9.17) is 0 Å². The highest BCUT2D eigenvalue weighted by molar-refractivity contribution is 6.10. The summed E-state index contributed by atoms with van der Waals surface area (Å²) in [5.41, 5.74) is -0.134. The van der Waals surface area contributed by atoms with Crippen molar-refractivity contribution in [3.8, 4) is 0 Å². The molecule has 1 aliphatic heterocycles. The summed E-state index contributed by atoms with van der Waals surface area (Å²) in [7, 11) is 0. The van der Waals surface area contributed by atoms with Gasteiger partial charge in [0.2, 0.25) is 5.91 Å². The van der Waals surface area contributed by atoms with Gasteiger partial charge in [0.15, 0.2) is 0 Å². The Labute approximate surface area is 148 Å². The Hall–Kier alpha value is -2.37. The molecule has 0 radical (unpaired) electrons. The molecule has 0 atom stereocenters. The van der Waals surface area contributed by atoms with Crippen molar-refractivity contribution in [3.05, 3.63) is 30.3 Å². The molecule has 1 heterocycles. The van der Waals surface area contributed by atoms with E-state index in [0.29, 0.717) is 0 Å². The van der Waals surface area contributed by atoms with Crippen molar-refractivity contribution in [1.82, 2.24) is 10.2 Å². The average molecular weight is 343 g/mol. The number of hydrogen-bond acceptors (Lipinski definition) is 3. The molecule has 6 nitrogen and oxygen atoms in total. The minimum absolute atomic E-state index is 0.123. The van der Waals surface area contributed by atoms with E-state index >= 15 is 0 Å². The summed E-state index contributed by atoms with van der Waals surface area (Å²) in [6.07, 6.45) is 5.28. The normalized spacial score (nSPS) is 20.5. The summed E-state index contributed by atoms with van der Waals surface area (Å²) >= 11 is 0. The number of amides is 4. The monoisotopic (exact) mass is 343 g/mol. The van der Waals surface area contributed by atoms with Crippen molar-refractivity contribution < 1.29 is 14.4 Å². The van der Waals surface area contributed by atoms with Gasteiger partial charge in [-0.15, -0.1) is 0 Å². The molecule has 0 unspecified atom stereocenters. The number of para-hydroxylation sites is 1. The molecule has 2 fully saturated rings. The summed E-state index contributed by atoms with van der Waals surface area (Å²) in [4.78, 5) is 40.3. The molecule has 1 saturated heterocycles. The number of urea groups is 1. The Bertz CT molecular complexity index is 666. The first-order valence-corrected chi connectivity index (χ1v) is 8.91. The summed E-state index contributed by atoms with van der Waals surface area (Å²) in [5.74, 6) is -0.568. The van der Waals surface area contributed by atoms with Crippen molar-refractivity contribution in [1.29, 1.82) is 0 Å². The molecule has 1 aliphatic carbocycles. The molecule has 3 rings (SSSR count). The number of nitrogens with one attached hydrogen (secondary N) is 1. The van der Waals surface area contributed by atoms with E-state index in [9.17, 15) is 14.4 Å². The third kappa shape index (κ3) is 3.52. The average Bonchev–Trinajstić information content (AvgIpc) is 2.79. The minimum atomic E-state index is -0.959. The van der Waals surface area contributed by atoms with Crippen LogP contribution in [0.25, 0.3) is 0 Å². The summed E-state index contributed by atoms with van der Waals surface area (Å²) < 4.78 is 0. The lowest BCUT2D eigenvalue weighted by atomic mass is 9.93. The molecule has 0 bridgehead atoms. The quantitative estimate of drug-likeness (QED) is 0.855. The van der Waals surface area contributed by atoms with E-state index in [1.807, 2.05) is 30.3 Å². The molecule has 1 aromatic rings.